The van der Waals surface area contributed by atoms with E-state index in [0.29, 0.717) is 16.9 Å². The number of amides is 1. The molecular weight excluding hydrogens is 262 g/mol. The van der Waals surface area contributed by atoms with Crippen molar-refractivity contribution in [3.05, 3.63) is 77.2 Å². The summed E-state index contributed by atoms with van der Waals surface area (Å²) >= 11 is 0. The zero-order chi connectivity index (χ0) is 15.1. The van der Waals surface area contributed by atoms with Crippen LogP contribution in [-0.4, -0.2) is 5.91 Å². The highest BCUT2D eigenvalue weighted by atomic mass is 16.1. The lowest BCUT2D eigenvalue weighted by Gasteiger charge is -2.01. The first-order valence-electron chi connectivity index (χ1n) is 6.18. The van der Waals surface area contributed by atoms with Crippen molar-refractivity contribution in [1.82, 2.24) is 0 Å². The first kappa shape index (κ1) is 14.0. The smallest absolute Gasteiger partial charge is 0.248 e. The summed E-state index contributed by atoms with van der Waals surface area (Å²) in [6, 6.07) is 15.6. The summed E-state index contributed by atoms with van der Waals surface area (Å²) in [6.45, 7) is 6.86. The van der Waals surface area contributed by atoms with Crippen molar-refractivity contribution in [3.63, 3.8) is 0 Å². The fourth-order valence-electron chi connectivity index (χ4n) is 1.64. The largest absolute Gasteiger partial charge is 0.323 e. The number of nitrogens with zero attached hydrogens (tertiary/aromatic N) is 2. The number of rotatable bonds is 3. The van der Waals surface area contributed by atoms with E-state index in [1.54, 1.807) is 54.6 Å². The Morgan fingerprint density at radius 1 is 1.14 bits per heavy atom. The molecule has 0 saturated carbocycles. The third-order valence-corrected chi connectivity index (χ3v) is 2.73. The molecule has 0 atom stereocenters. The van der Waals surface area contributed by atoms with E-state index in [9.17, 15) is 4.79 Å². The lowest BCUT2D eigenvalue weighted by atomic mass is 10.2. The van der Waals surface area contributed by atoms with Crippen LogP contribution in [0.2, 0.25) is 0 Å². The van der Waals surface area contributed by atoms with E-state index in [-0.39, 0.29) is 5.91 Å². The average Bonchev–Trinajstić information content (AvgIpc) is 2.54. The van der Waals surface area contributed by atoms with Crippen molar-refractivity contribution in [2.75, 3.05) is 5.32 Å². The van der Waals surface area contributed by atoms with E-state index in [1.807, 2.05) is 6.07 Å². The molecule has 0 fully saturated rings. The van der Waals surface area contributed by atoms with Crippen LogP contribution in [0.4, 0.5) is 11.4 Å². The zero-order valence-electron chi connectivity index (χ0n) is 11.1. The fourth-order valence-corrected chi connectivity index (χ4v) is 1.64. The highest BCUT2D eigenvalue weighted by molar-refractivity contribution is 6.01. The molecule has 0 aliphatic carbocycles. The predicted molar refractivity (Wildman–Crippen MR) is 81.5 cm³/mol. The standard InChI is InChI=1S/C17H11N3O/c1-19-15-7-2-13(3-8-15)6-11-17(21)20-16-9-4-14(12-18)5-10-16/h2-11H,(H,20,21)/b11-6+. The molecule has 0 aliphatic heterocycles. The van der Waals surface area contributed by atoms with E-state index >= 15 is 0 Å². The summed E-state index contributed by atoms with van der Waals surface area (Å²) in [7, 11) is 0. The molecule has 0 unspecified atom stereocenters. The molecule has 0 aliphatic rings. The Bertz CT molecular complexity index is 745. The minimum absolute atomic E-state index is 0.256. The number of anilines is 1. The third-order valence-electron chi connectivity index (χ3n) is 2.73. The first-order valence-corrected chi connectivity index (χ1v) is 6.18. The number of hydrogen-bond acceptors (Lipinski definition) is 2. The second kappa shape index (κ2) is 6.70. The van der Waals surface area contributed by atoms with E-state index in [1.165, 1.54) is 6.08 Å². The number of benzene rings is 2. The van der Waals surface area contributed by atoms with Gasteiger partial charge in [-0.25, -0.2) is 4.85 Å². The second-order valence-corrected chi connectivity index (χ2v) is 4.22. The van der Waals surface area contributed by atoms with Crippen LogP contribution in [0.25, 0.3) is 10.9 Å². The van der Waals surface area contributed by atoms with Gasteiger partial charge in [0, 0.05) is 11.8 Å². The molecule has 0 radical (unpaired) electrons. The Labute approximate surface area is 122 Å². The topological polar surface area (TPSA) is 57.2 Å². The number of nitrogens with one attached hydrogen (secondary N) is 1. The summed E-state index contributed by atoms with van der Waals surface area (Å²) in [5.41, 5.74) is 2.59. The van der Waals surface area contributed by atoms with Crippen LogP contribution in [0.15, 0.2) is 54.6 Å². The molecule has 0 bridgehead atoms. The van der Waals surface area contributed by atoms with Crippen LogP contribution in [-0.2, 0) is 4.79 Å². The molecule has 0 spiro atoms. The Hall–Kier alpha value is -3.37. The van der Waals surface area contributed by atoms with E-state index in [0.717, 1.165) is 5.56 Å². The van der Waals surface area contributed by atoms with Crippen LogP contribution in [0.3, 0.4) is 0 Å². The summed E-state index contributed by atoms with van der Waals surface area (Å²) in [5, 5.41) is 11.4. The normalized spacial score (nSPS) is 9.81. The van der Waals surface area contributed by atoms with Gasteiger partial charge in [0.1, 0.15) is 0 Å². The van der Waals surface area contributed by atoms with Gasteiger partial charge in [0.2, 0.25) is 5.91 Å². The van der Waals surface area contributed by atoms with Crippen LogP contribution in [0, 0.1) is 17.9 Å². The molecule has 0 heterocycles. The molecule has 2 aromatic rings. The third kappa shape index (κ3) is 4.05. The maximum Gasteiger partial charge on any atom is 0.248 e. The molecule has 2 rings (SSSR count). The van der Waals surface area contributed by atoms with Gasteiger partial charge in [-0.2, -0.15) is 5.26 Å². The van der Waals surface area contributed by atoms with Crippen LogP contribution < -0.4 is 5.32 Å². The van der Waals surface area contributed by atoms with Gasteiger partial charge in [-0.15, -0.1) is 0 Å². The lowest BCUT2D eigenvalue weighted by Crippen LogP contribution is -2.07. The molecule has 1 N–H and O–H groups in total. The van der Waals surface area contributed by atoms with Crippen molar-refractivity contribution in [2.24, 2.45) is 0 Å². The maximum atomic E-state index is 11.8. The molecule has 100 valence electrons. The van der Waals surface area contributed by atoms with Crippen molar-refractivity contribution >= 4 is 23.4 Å². The fraction of sp³-hybridized carbons (Fsp3) is 0. The van der Waals surface area contributed by atoms with Gasteiger partial charge in [-0.05, 0) is 35.9 Å². The molecule has 4 heteroatoms. The average molecular weight is 273 g/mol. The maximum absolute atomic E-state index is 11.8. The Balaban J connectivity index is 1.98. The summed E-state index contributed by atoms with van der Waals surface area (Å²) in [5.74, 6) is -0.256. The van der Waals surface area contributed by atoms with Crippen LogP contribution in [0.5, 0.6) is 0 Å². The van der Waals surface area contributed by atoms with Gasteiger partial charge in [0.25, 0.3) is 0 Å². The molecule has 21 heavy (non-hydrogen) atoms. The highest BCUT2D eigenvalue weighted by Gasteiger charge is 1.98. The van der Waals surface area contributed by atoms with Gasteiger partial charge >= 0.3 is 0 Å². The summed E-state index contributed by atoms with van der Waals surface area (Å²) < 4.78 is 0. The van der Waals surface area contributed by atoms with Crippen molar-refractivity contribution < 1.29 is 4.79 Å². The molecule has 0 aromatic heterocycles. The SMILES string of the molecule is [C-]#[N+]c1ccc(/C=C/C(=O)Nc2ccc(C#N)cc2)cc1. The summed E-state index contributed by atoms with van der Waals surface area (Å²) in [6.07, 6.45) is 3.09. The van der Waals surface area contributed by atoms with E-state index in [2.05, 4.69) is 10.2 Å². The Morgan fingerprint density at radius 3 is 2.38 bits per heavy atom. The van der Waals surface area contributed by atoms with Gasteiger partial charge < -0.3 is 5.32 Å². The predicted octanol–water partition coefficient (Wildman–Crippen LogP) is 3.76. The quantitative estimate of drug-likeness (QED) is 0.683. The Morgan fingerprint density at radius 2 is 1.81 bits per heavy atom. The molecular formula is C17H11N3O. The van der Waals surface area contributed by atoms with Crippen molar-refractivity contribution in [3.8, 4) is 6.07 Å². The van der Waals surface area contributed by atoms with E-state index < -0.39 is 0 Å². The van der Waals surface area contributed by atoms with Crippen molar-refractivity contribution in [2.45, 2.75) is 0 Å². The highest BCUT2D eigenvalue weighted by Crippen LogP contribution is 2.13. The number of nitriles is 1. The minimum atomic E-state index is -0.256. The van der Waals surface area contributed by atoms with E-state index in [4.69, 9.17) is 11.8 Å². The van der Waals surface area contributed by atoms with Crippen molar-refractivity contribution in [1.29, 1.82) is 5.26 Å². The zero-order valence-corrected chi connectivity index (χ0v) is 11.1. The molecule has 1 amide bonds. The second-order valence-electron chi connectivity index (χ2n) is 4.22. The Kier molecular flexibility index (Phi) is 4.48. The molecule has 4 nitrogen and oxygen atoms in total. The van der Waals surface area contributed by atoms with Gasteiger partial charge in [-0.3, -0.25) is 4.79 Å². The van der Waals surface area contributed by atoms with Crippen LogP contribution >= 0.6 is 0 Å². The monoisotopic (exact) mass is 273 g/mol. The number of hydrogen-bond donors (Lipinski definition) is 1. The van der Waals surface area contributed by atoms with Gasteiger partial charge in [0.05, 0.1) is 18.2 Å². The number of carbonyl (C=O) groups excluding carboxylic acids is 1. The lowest BCUT2D eigenvalue weighted by molar-refractivity contribution is -0.111. The first-order chi connectivity index (χ1) is 10.2. The summed E-state index contributed by atoms with van der Waals surface area (Å²) in [4.78, 5) is 15.1. The molecule has 0 saturated heterocycles. The molecule has 2 aromatic carbocycles. The minimum Gasteiger partial charge on any atom is -0.323 e. The number of carbonyl (C=O) groups is 1. The van der Waals surface area contributed by atoms with Gasteiger partial charge in [-0.1, -0.05) is 24.3 Å². The van der Waals surface area contributed by atoms with Gasteiger partial charge in [0.15, 0.2) is 5.69 Å². The van der Waals surface area contributed by atoms with Crippen LogP contribution in [0.1, 0.15) is 11.1 Å².